The van der Waals surface area contributed by atoms with E-state index in [9.17, 15) is 13.2 Å². The number of primary amides is 1. The predicted molar refractivity (Wildman–Crippen MR) is 102 cm³/mol. The number of carbonyl (C=O) groups excluding carboxylic acids is 1. The molecule has 1 unspecified atom stereocenters. The first kappa shape index (κ1) is 18.8. The number of nitrogens with two attached hydrogens (primary N) is 1. The smallest absolute Gasteiger partial charge is 0.252 e. The van der Waals surface area contributed by atoms with Gasteiger partial charge < -0.3 is 10.5 Å². The summed E-state index contributed by atoms with van der Waals surface area (Å²) in [7, 11) is -2.37. The summed E-state index contributed by atoms with van der Waals surface area (Å²) in [5.41, 5.74) is 7.46. The van der Waals surface area contributed by atoms with Crippen molar-refractivity contribution >= 4 is 27.7 Å². The second-order valence-electron chi connectivity index (χ2n) is 5.98. The largest absolute Gasteiger partial charge is 0.496 e. The Morgan fingerprint density at radius 1 is 1.23 bits per heavy atom. The molecule has 1 saturated heterocycles. The molecule has 2 aromatic rings. The molecule has 0 saturated carbocycles. The van der Waals surface area contributed by atoms with Crippen LogP contribution in [0.25, 0.3) is 0 Å². The fraction of sp³-hybridized carbons (Fsp3) is 0.278. The van der Waals surface area contributed by atoms with E-state index in [0.29, 0.717) is 12.3 Å². The molecule has 0 spiro atoms. The van der Waals surface area contributed by atoms with E-state index in [-0.39, 0.29) is 21.6 Å². The number of nitrogens with zero attached hydrogens (tertiary/aromatic N) is 1. The van der Waals surface area contributed by atoms with Gasteiger partial charge in [0, 0.05) is 12.3 Å². The minimum Gasteiger partial charge on any atom is -0.496 e. The van der Waals surface area contributed by atoms with Crippen LogP contribution in [0.2, 0.25) is 0 Å². The summed E-state index contributed by atoms with van der Waals surface area (Å²) in [5.74, 6) is 0.225. The number of carbonyl (C=O) groups is 1. The molecule has 8 heteroatoms. The van der Waals surface area contributed by atoms with Gasteiger partial charge in [-0.1, -0.05) is 29.8 Å². The normalized spacial score (nSPS) is 18.0. The number of thioether (sulfide) groups is 1. The van der Waals surface area contributed by atoms with Crippen molar-refractivity contribution in [3.63, 3.8) is 0 Å². The fourth-order valence-electron chi connectivity index (χ4n) is 2.87. The van der Waals surface area contributed by atoms with Gasteiger partial charge in [-0.3, -0.25) is 4.79 Å². The lowest BCUT2D eigenvalue weighted by Gasteiger charge is -2.24. The van der Waals surface area contributed by atoms with Gasteiger partial charge in [0.2, 0.25) is 10.0 Å². The monoisotopic (exact) mass is 392 g/mol. The van der Waals surface area contributed by atoms with Crippen molar-refractivity contribution in [3.05, 3.63) is 59.2 Å². The van der Waals surface area contributed by atoms with Crippen LogP contribution in [-0.2, 0) is 10.0 Å². The van der Waals surface area contributed by atoms with Crippen LogP contribution in [0.4, 0.5) is 0 Å². The van der Waals surface area contributed by atoms with E-state index < -0.39 is 15.9 Å². The molecule has 0 bridgehead atoms. The van der Waals surface area contributed by atoms with Gasteiger partial charge in [0.1, 0.15) is 5.75 Å². The maximum Gasteiger partial charge on any atom is 0.252 e. The van der Waals surface area contributed by atoms with Crippen LogP contribution in [0.5, 0.6) is 5.75 Å². The first-order valence-corrected chi connectivity index (χ1v) is 10.5. The number of rotatable bonds is 5. The fourth-order valence-corrected chi connectivity index (χ4v) is 6.14. The third-order valence-corrected chi connectivity index (χ3v) is 7.51. The van der Waals surface area contributed by atoms with Gasteiger partial charge in [-0.25, -0.2) is 8.42 Å². The molecular weight excluding hydrogens is 372 g/mol. The van der Waals surface area contributed by atoms with Crippen LogP contribution in [0.1, 0.15) is 26.9 Å². The Morgan fingerprint density at radius 3 is 2.54 bits per heavy atom. The zero-order valence-corrected chi connectivity index (χ0v) is 16.1. The molecule has 1 aliphatic rings. The maximum absolute atomic E-state index is 13.2. The minimum atomic E-state index is -3.78. The van der Waals surface area contributed by atoms with Crippen molar-refractivity contribution in [2.45, 2.75) is 17.2 Å². The van der Waals surface area contributed by atoms with Crippen molar-refractivity contribution in [2.75, 3.05) is 19.4 Å². The topological polar surface area (TPSA) is 89.7 Å². The summed E-state index contributed by atoms with van der Waals surface area (Å²) in [6.45, 7) is 2.40. The van der Waals surface area contributed by atoms with E-state index in [1.807, 2.05) is 31.2 Å². The van der Waals surface area contributed by atoms with Gasteiger partial charge in [0.05, 0.1) is 22.9 Å². The summed E-state index contributed by atoms with van der Waals surface area (Å²) >= 11 is 1.58. The van der Waals surface area contributed by atoms with Gasteiger partial charge in [0.15, 0.2) is 0 Å². The number of sulfonamides is 1. The molecule has 26 heavy (non-hydrogen) atoms. The Kier molecular flexibility index (Phi) is 5.27. The van der Waals surface area contributed by atoms with Crippen molar-refractivity contribution in [1.82, 2.24) is 4.31 Å². The van der Waals surface area contributed by atoms with Gasteiger partial charge in [-0.15, -0.1) is 11.8 Å². The van der Waals surface area contributed by atoms with Crippen LogP contribution in [0, 0.1) is 6.92 Å². The molecule has 2 N–H and O–H groups in total. The predicted octanol–water partition coefficient (Wildman–Crippen LogP) is 2.54. The molecule has 0 radical (unpaired) electrons. The molecule has 0 aliphatic carbocycles. The number of methoxy groups -OCH3 is 1. The van der Waals surface area contributed by atoms with Crippen molar-refractivity contribution in [2.24, 2.45) is 5.73 Å². The average molecular weight is 393 g/mol. The van der Waals surface area contributed by atoms with Crippen LogP contribution in [0.3, 0.4) is 0 Å². The number of benzene rings is 2. The minimum absolute atomic E-state index is 0.0340. The van der Waals surface area contributed by atoms with Gasteiger partial charge in [0.25, 0.3) is 5.91 Å². The number of aryl methyl sites for hydroxylation is 1. The third-order valence-electron chi connectivity index (χ3n) is 4.25. The van der Waals surface area contributed by atoms with E-state index in [2.05, 4.69) is 0 Å². The van der Waals surface area contributed by atoms with E-state index >= 15 is 0 Å². The average Bonchev–Trinajstić information content (AvgIpc) is 3.12. The van der Waals surface area contributed by atoms with Gasteiger partial charge >= 0.3 is 0 Å². The Balaban J connectivity index is 2.00. The molecular formula is C18H20N2O4S2. The van der Waals surface area contributed by atoms with Crippen LogP contribution in [0.15, 0.2) is 47.4 Å². The number of ether oxygens (including phenoxy) is 1. The SMILES string of the molecule is COc1ccc(S(=O)(=O)N2CCSC2c2ccc(C)cc2)cc1C(N)=O. The van der Waals surface area contributed by atoms with E-state index in [1.165, 1.54) is 29.6 Å². The quantitative estimate of drug-likeness (QED) is 0.845. The molecule has 6 nitrogen and oxygen atoms in total. The Bertz CT molecular complexity index is 927. The molecule has 1 atom stereocenters. The summed E-state index contributed by atoms with van der Waals surface area (Å²) in [4.78, 5) is 11.7. The molecule has 138 valence electrons. The lowest BCUT2D eigenvalue weighted by Crippen LogP contribution is -2.30. The highest BCUT2D eigenvalue weighted by Gasteiger charge is 2.37. The second kappa shape index (κ2) is 7.30. The zero-order chi connectivity index (χ0) is 18.9. The number of hydrogen-bond donors (Lipinski definition) is 1. The molecule has 2 aromatic carbocycles. The maximum atomic E-state index is 13.2. The van der Waals surface area contributed by atoms with Crippen LogP contribution < -0.4 is 10.5 Å². The van der Waals surface area contributed by atoms with Crippen molar-refractivity contribution in [1.29, 1.82) is 0 Å². The summed E-state index contributed by atoms with van der Waals surface area (Å²) in [6.07, 6.45) is 0. The van der Waals surface area contributed by atoms with E-state index in [4.69, 9.17) is 10.5 Å². The van der Waals surface area contributed by atoms with Crippen LogP contribution >= 0.6 is 11.8 Å². The molecule has 3 rings (SSSR count). The molecule has 1 amide bonds. The lowest BCUT2D eigenvalue weighted by molar-refractivity contribution is 0.0997. The first-order chi connectivity index (χ1) is 12.3. The third kappa shape index (κ3) is 3.44. The number of amides is 1. The lowest BCUT2D eigenvalue weighted by atomic mass is 10.1. The second-order valence-corrected chi connectivity index (χ2v) is 9.05. The highest BCUT2D eigenvalue weighted by Crippen LogP contribution is 2.41. The highest BCUT2D eigenvalue weighted by atomic mass is 32.2. The Morgan fingerprint density at radius 2 is 1.92 bits per heavy atom. The summed E-state index contributed by atoms with van der Waals surface area (Å²) in [5, 5.41) is -0.292. The Hall–Kier alpha value is -2.03. The zero-order valence-electron chi connectivity index (χ0n) is 14.5. The molecule has 1 aliphatic heterocycles. The first-order valence-electron chi connectivity index (χ1n) is 8.02. The molecule has 1 heterocycles. The standard InChI is InChI=1S/C18H20N2O4S2/c1-12-3-5-13(6-4-12)18-20(9-10-25-18)26(22,23)14-7-8-16(24-2)15(11-14)17(19)21/h3-8,11,18H,9-10H2,1-2H3,(H2,19,21). The van der Waals surface area contributed by atoms with Crippen molar-refractivity contribution in [3.8, 4) is 5.75 Å². The van der Waals surface area contributed by atoms with Gasteiger partial charge in [-0.05, 0) is 30.7 Å². The van der Waals surface area contributed by atoms with E-state index in [1.54, 1.807) is 11.8 Å². The van der Waals surface area contributed by atoms with Gasteiger partial charge in [-0.2, -0.15) is 4.31 Å². The summed E-state index contributed by atoms with van der Waals surface area (Å²) in [6, 6.07) is 12.0. The summed E-state index contributed by atoms with van der Waals surface area (Å²) < 4.78 is 32.9. The highest BCUT2D eigenvalue weighted by molar-refractivity contribution is 8.01. The molecule has 0 aromatic heterocycles. The number of hydrogen-bond acceptors (Lipinski definition) is 5. The van der Waals surface area contributed by atoms with E-state index in [0.717, 1.165) is 11.1 Å². The van der Waals surface area contributed by atoms with Crippen molar-refractivity contribution < 1.29 is 17.9 Å². The van der Waals surface area contributed by atoms with Crippen LogP contribution in [-0.4, -0.2) is 38.0 Å². The molecule has 1 fully saturated rings. The Labute approximate surface area is 157 Å².